The molecule has 1 saturated heterocycles. The molecule has 0 spiro atoms. The number of carbonyl (C=O) groups is 2. The van der Waals surface area contributed by atoms with E-state index in [1.165, 1.54) is 0 Å². The van der Waals surface area contributed by atoms with Gasteiger partial charge in [0.2, 0.25) is 0 Å². The summed E-state index contributed by atoms with van der Waals surface area (Å²) >= 11 is 5.79. The fraction of sp³-hybridized carbons (Fsp3) is 0.429. The zero-order chi connectivity index (χ0) is 13.8. The van der Waals surface area contributed by atoms with Crippen LogP contribution in [0.5, 0.6) is 0 Å². The number of carboxylic acid groups (broad SMARTS) is 1. The smallest absolute Gasteiger partial charge is 0.303 e. The second kappa shape index (κ2) is 6.06. The van der Waals surface area contributed by atoms with Gasteiger partial charge in [0.25, 0.3) is 5.91 Å². The molecule has 1 aliphatic rings. The van der Waals surface area contributed by atoms with Crippen LogP contribution >= 0.6 is 11.6 Å². The largest absolute Gasteiger partial charge is 0.481 e. The van der Waals surface area contributed by atoms with Crippen LogP contribution in [0.3, 0.4) is 0 Å². The molecule has 1 heterocycles. The summed E-state index contributed by atoms with van der Waals surface area (Å²) in [5, 5.41) is 9.36. The summed E-state index contributed by atoms with van der Waals surface area (Å²) in [6, 6.07) is 6.83. The average molecular weight is 282 g/mol. The van der Waals surface area contributed by atoms with Crippen LogP contribution < -0.4 is 0 Å². The van der Waals surface area contributed by atoms with Gasteiger partial charge in [0.05, 0.1) is 0 Å². The Bertz CT molecular complexity index is 464. The molecular weight excluding hydrogens is 266 g/mol. The summed E-state index contributed by atoms with van der Waals surface area (Å²) in [7, 11) is 0. The van der Waals surface area contributed by atoms with Crippen LogP contribution in [0.25, 0.3) is 0 Å². The first kappa shape index (κ1) is 13.9. The van der Waals surface area contributed by atoms with Gasteiger partial charge in [-0.1, -0.05) is 11.6 Å². The van der Waals surface area contributed by atoms with Crippen LogP contribution in [0.15, 0.2) is 24.3 Å². The second-order valence-corrected chi connectivity index (χ2v) is 5.28. The lowest BCUT2D eigenvalue weighted by atomic mass is 9.93. The van der Waals surface area contributed by atoms with Crippen molar-refractivity contribution in [2.45, 2.75) is 19.3 Å². The number of amides is 1. The summed E-state index contributed by atoms with van der Waals surface area (Å²) in [5.74, 6) is -0.584. The monoisotopic (exact) mass is 281 g/mol. The minimum atomic E-state index is -0.762. The number of nitrogens with zero attached hydrogens (tertiary/aromatic N) is 1. The number of carboxylic acids is 1. The lowest BCUT2D eigenvalue weighted by Crippen LogP contribution is -2.38. The number of hydrogen-bond acceptors (Lipinski definition) is 2. The Morgan fingerprint density at radius 3 is 2.32 bits per heavy atom. The van der Waals surface area contributed by atoms with Gasteiger partial charge in [0.1, 0.15) is 0 Å². The number of rotatable bonds is 3. The standard InChI is InChI=1S/C14H16ClNO3/c15-12-3-1-11(2-4-12)14(19)16-7-5-10(6-8-16)9-13(17)18/h1-4,10H,5-9H2,(H,17,18). The molecule has 4 nitrogen and oxygen atoms in total. The fourth-order valence-electron chi connectivity index (χ4n) is 2.36. The molecule has 0 unspecified atom stereocenters. The Balaban J connectivity index is 1.92. The molecule has 0 bridgehead atoms. The van der Waals surface area contributed by atoms with Gasteiger partial charge in [-0.25, -0.2) is 0 Å². The summed E-state index contributed by atoms with van der Waals surface area (Å²) in [6.07, 6.45) is 1.71. The number of carbonyl (C=O) groups excluding carboxylic acids is 1. The third-order valence-corrected chi connectivity index (χ3v) is 3.71. The van der Waals surface area contributed by atoms with Crippen LogP contribution in [0.2, 0.25) is 5.02 Å². The molecule has 0 aromatic heterocycles. The highest BCUT2D eigenvalue weighted by atomic mass is 35.5. The highest BCUT2D eigenvalue weighted by Crippen LogP contribution is 2.22. The molecule has 1 amide bonds. The van der Waals surface area contributed by atoms with Crippen LogP contribution in [-0.2, 0) is 4.79 Å². The molecule has 0 aliphatic carbocycles. The van der Waals surface area contributed by atoms with Crippen LogP contribution in [-0.4, -0.2) is 35.0 Å². The Morgan fingerprint density at radius 1 is 1.21 bits per heavy atom. The van der Waals surface area contributed by atoms with E-state index < -0.39 is 5.97 Å². The number of hydrogen-bond donors (Lipinski definition) is 1. The average Bonchev–Trinajstić information content (AvgIpc) is 2.39. The van der Waals surface area contributed by atoms with Gasteiger partial charge >= 0.3 is 5.97 Å². The third-order valence-electron chi connectivity index (χ3n) is 3.46. The van der Waals surface area contributed by atoms with E-state index in [4.69, 9.17) is 16.7 Å². The summed E-state index contributed by atoms with van der Waals surface area (Å²) in [5.41, 5.74) is 0.626. The fourth-order valence-corrected chi connectivity index (χ4v) is 2.49. The van der Waals surface area contributed by atoms with E-state index in [1.54, 1.807) is 29.2 Å². The summed E-state index contributed by atoms with van der Waals surface area (Å²) < 4.78 is 0. The van der Waals surface area contributed by atoms with E-state index in [2.05, 4.69) is 0 Å². The van der Waals surface area contributed by atoms with Crippen molar-refractivity contribution in [3.8, 4) is 0 Å². The molecule has 102 valence electrons. The minimum Gasteiger partial charge on any atom is -0.481 e. The van der Waals surface area contributed by atoms with Crippen molar-refractivity contribution in [2.24, 2.45) is 5.92 Å². The number of aliphatic carboxylic acids is 1. The first-order valence-corrected chi connectivity index (χ1v) is 6.70. The zero-order valence-corrected chi connectivity index (χ0v) is 11.3. The molecule has 1 fully saturated rings. The third kappa shape index (κ3) is 3.70. The second-order valence-electron chi connectivity index (χ2n) is 4.84. The molecule has 0 radical (unpaired) electrons. The van der Waals surface area contributed by atoms with Gasteiger partial charge in [-0.15, -0.1) is 0 Å². The van der Waals surface area contributed by atoms with Gasteiger partial charge in [-0.05, 0) is 43.0 Å². The van der Waals surface area contributed by atoms with Crippen molar-refractivity contribution in [1.82, 2.24) is 4.90 Å². The minimum absolute atomic E-state index is 0.00885. The highest BCUT2D eigenvalue weighted by molar-refractivity contribution is 6.30. The number of benzene rings is 1. The maximum atomic E-state index is 12.2. The molecule has 19 heavy (non-hydrogen) atoms. The molecule has 0 atom stereocenters. The molecular formula is C14H16ClNO3. The van der Waals surface area contributed by atoms with Gasteiger partial charge < -0.3 is 10.0 Å². The van der Waals surface area contributed by atoms with Crippen LogP contribution in [0, 0.1) is 5.92 Å². The first-order chi connectivity index (χ1) is 9.06. The van der Waals surface area contributed by atoms with E-state index in [-0.39, 0.29) is 18.2 Å². The Morgan fingerprint density at radius 2 is 1.79 bits per heavy atom. The van der Waals surface area contributed by atoms with E-state index >= 15 is 0 Å². The van der Waals surface area contributed by atoms with E-state index in [9.17, 15) is 9.59 Å². The van der Waals surface area contributed by atoms with Gasteiger partial charge in [-0.2, -0.15) is 0 Å². The molecule has 2 rings (SSSR count). The number of halogens is 1. The number of piperidine rings is 1. The van der Waals surface area contributed by atoms with Crippen molar-refractivity contribution < 1.29 is 14.7 Å². The molecule has 1 aromatic carbocycles. The quantitative estimate of drug-likeness (QED) is 0.927. The highest BCUT2D eigenvalue weighted by Gasteiger charge is 2.24. The van der Waals surface area contributed by atoms with Crippen molar-refractivity contribution in [3.63, 3.8) is 0 Å². The lowest BCUT2D eigenvalue weighted by Gasteiger charge is -2.31. The van der Waals surface area contributed by atoms with Gasteiger partial charge in [0.15, 0.2) is 0 Å². The molecule has 5 heteroatoms. The zero-order valence-electron chi connectivity index (χ0n) is 10.5. The molecule has 1 aliphatic heterocycles. The summed E-state index contributed by atoms with van der Waals surface area (Å²) in [4.78, 5) is 24.6. The Kier molecular flexibility index (Phi) is 4.43. The van der Waals surface area contributed by atoms with Crippen LogP contribution in [0.4, 0.5) is 0 Å². The SMILES string of the molecule is O=C(O)CC1CCN(C(=O)c2ccc(Cl)cc2)CC1. The topological polar surface area (TPSA) is 57.6 Å². The molecule has 1 aromatic rings. The van der Waals surface area contributed by atoms with Gasteiger partial charge in [-0.3, -0.25) is 9.59 Å². The Labute approximate surface area is 117 Å². The number of likely N-dealkylation sites (tertiary alicyclic amines) is 1. The van der Waals surface area contributed by atoms with Gasteiger partial charge in [0, 0.05) is 30.1 Å². The van der Waals surface area contributed by atoms with Crippen molar-refractivity contribution in [2.75, 3.05) is 13.1 Å². The maximum absolute atomic E-state index is 12.2. The molecule has 0 saturated carbocycles. The Hall–Kier alpha value is -1.55. The van der Waals surface area contributed by atoms with Crippen LogP contribution in [0.1, 0.15) is 29.6 Å². The van der Waals surface area contributed by atoms with Crippen molar-refractivity contribution in [1.29, 1.82) is 0 Å². The van der Waals surface area contributed by atoms with E-state index in [1.807, 2.05) is 0 Å². The van der Waals surface area contributed by atoms with E-state index in [0.717, 1.165) is 12.8 Å². The summed E-state index contributed by atoms with van der Waals surface area (Å²) in [6.45, 7) is 1.25. The lowest BCUT2D eigenvalue weighted by molar-refractivity contribution is -0.138. The predicted molar refractivity (Wildman–Crippen MR) is 72.3 cm³/mol. The van der Waals surface area contributed by atoms with E-state index in [0.29, 0.717) is 23.7 Å². The maximum Gasteiger partial charge on any atom is 0.303 e. The van der Waals surface area contributed by atoms with Crippen molar-refractivity contribution >= 4 is 23.5 Å². The first-order valence-electron chi connectivity index (χ1n) is 6.33. The molecule has 1 N–H and O–H groups in total. The normalized spacial score (nSPS) is 16.4. The predicted octanol–water partition coefficient (Wildman–Crippen LogP) is 2.67. The van der Waals surface area contributed by atoms with Crippen molar-refractivity contribution in [3.05, 3.63) is 34.9 Å².